The minimum atomic E-state index is -1.06. The standard InChI is InChI=1S/C24H23FO6/c1-23(2)9-15(25)20-16(31-23)6-5-13-21(20)30-19-11-29-18-7-12(10-26)17(28-4)8-14(18)24(19,3)22(13)27/h5-9,19,26H,10-11H2,1-4H3/t19-,24+/m1/s1/i25-1. The summed E-state index contributed by atoms with van der Waals surface area (Å²) in [6.07, 6.45) is 0.712. The van der Waals surface area contributed by atoms with E-state index < -0.39 is 22.9 Å². The van der Waals surface area contributed by atoms with E-state index >= 15 is 4.39 Å². The first kappa shape index (κ1) is 19.9. The number of methoxy groups -OCH3 is 1. The molecule has 0 bridgehead atoms. The normalized spacial score (nSPS) is 24.9. The number of fused-ring (bicyclic) bond motifs is 6. The first-order chi connectivity index (χ1) is 14.7. The quantitative estimate of drug-likeness (QED) is 0.785. The molecule has 0 amide bonds. The highest BCUT2D eigenvalue weighted by atomic mass is 18.2. The third-order valence-electron chi connectivity index (χ3n) is 6.33. The SMILES string of the molecule is COc1cc2c(cc1CO)OC[C@H]1Oc3c(ccc4c3C([18F])=CC(C)(C)O4)C(=O)[C@@]21C. The molecule has 2 aromatic carbocycles. The van der Waals surface area contributed by atoms with Crippen molar-refractivity contribution in [2.45, 2.75) is 44.5 Å². The van der Waals surface area contributed by atoms with Crippen LogP contribution in [0, 0.1) is 0 Å². The Bertz CT molecular complexity index is 1150. The molecule has 0 unspecified atom stereocenters. The van der Waals surface area contributed by atoms with E-state index in [2.05, 4.69) is 0 Å². The molecule has 5 rings (SSSR count). The average molecular weight is 425 g/mol. The minimum absolute atomic E-state index is 0.104. The molecule has 0 aliphatic carbocycles. The van der Waals surface area contributed by atoms with E-state index in [-0.39, 0.29) is 30.3 Å². The molecule has 31 heavy (non-hydrogen) atoms. The van der Waals surface area contributed by atoms with Crippen LogP contribution in [0.4, 0.5) is 4.39 Å². The molecule has 0 radical (unpaired) electrons. The van der Waals surface area contributed by atoms with Gasteiger partial charge in [-0.1, -0.05) is 0 Å². The fourth-order valence-electron chi connectivity index (χ4n) is 4.66. The van der Waals surface area contributed by atoms with Gasteiger partial charge in [-0.05, 0) is 51.1 Å². The highest BCUT2D eigenvalue weighted by Crippen LogP contribution is 2.52. The lowest BCUT2D eigenvalue weighted by Gasteiger charge is -2.45. The molecule has 2 atom stereocenters. The van der Waals surface area contributed by atoms with Gasteiger partial charge in [0.25, 0.3) is 0 Å². The van der Waals surface area contributed by atoms with Crippen LogP contribution in [0.25, 0.3) is 5.83 Å². The van der Waals surface area contributed by atoms with Crippen molar-refractivity contribution >= 4 is 11.6 Å². The van der Waals surface area contributed by atoms with Gasteiger partial charge in [-0.3, -0.25) is 4.79 Å². The maximum absolute atomic E-state index is 15.0. The Labute approximate surface area is 179 Å². The molecule has 7 heteroatoms. The molecule has 0 saturated heterocycles. The van der Waals surface area contributed by atoms with Crippen LogP contribution in [0.15, 0.2) is 30.3 Å². The van der Waals surface area contributed by atoms with Gasteiger partial charge < -0.3 is 24.1 Å². The predicted octanol–water partition coefficient (Wildman–Crippen LogP) is 3.96. The van der Waals surface area contributed by atoms with Crippen molar-refractivity contribution in [3.05, 3.63) is 52.6 Å². The molecule has 2 aromatic rings. The van der Waals surface area contributed by atoms with E-state index in [1.54, 1.807) is 45.0 Å². The highest BCUT2D eigenvalue weighted by molar-refractivity contribution is 6.09. The fourth-order valence-corrected chi connectivity index (χ4v) is 4.66. The van der Waals surface area contributed by atoms with Crippen molar-refractivity contribution in [1.29, 1.82) is 0 Å². The van der Waals surface area contributed by atoms with Crippen molar-refractivity contribution in [3.8, 4) is 23.0 Å². The second-order valence-corrected chi connectivity index (χ2v) is 8.78. The summed E-state index contributed by atoms with van der Waals surface area (Å²) in [5.74, 6) is 0.804. The number of carbonyl (C=O) groups excluding carboxylic acids is 1. The lowest BCUT2D eigenvalue weighted by Crippen LogP contribution is -2.55. The summed E-state index contributed by atoms with van der Waals surface area (Å²) in [6, 6.07) is 6.64. The molecule has 3 aliphatic rings. The highest BCUT2D eigenvalue weighted by Gasteiger charge is 2.54. The van der Waals surface area contributed by atoms with Crippen LogP contribution < -0.4 is 18.9 Å². The summed E-state index contributed by atoms with van der Waals surface area (Å²) >= 11 is 0. The Kier molecular flexibility index (Phi) is 4.15. The number of rotatable bonds is 2. The average Bonchev–Trinajstić information content (AvgIpc) is 2.72. The van der Waals surface area contributed by atoms with E-state index in [9.17, 15) is 9.90 Å². The van der Waals surface area contributed by atoms with Crippen molar-refractivity contribution < 1.29 is 33.2 Å². The van der Waals surface area contributed by atoms with Crippen molar-refractivity contribution in [3.63, 3.8) is 0 Å². The number of hydrogen-bond donors (Lipinski definition) is 1. The van der Waals surface area contributed by atoms with E-state index in [1.807, 2.05) is 0 Å². The van der Waals surface area contributed by atoms with Gasteiger partial charge in [0.1, 0.15) is 47.1 Å². The van der Waals surface area contributed by atoms with Crippen molar-refractivity contribution in [2.75, 3.05) is 13.7 Å². The number of benzene rings is 2. The summed E-state index contributed by atoms with van der Waals surface area (Å²) < 4.78 is 38.4. The molecule has 6 nitrogen and oxygen atoms in total. The molecule has 0 fully saturated rings. The summed E-state index contributed by atoms with van der Waals surface area (Å²) in [5.41, 5.74) is -0.237. The van der Waals surface area contributed by atoms with Gasteiger partial charge >= 0.3 is 0 Å². The van der Waals surface area contributed by atoms with E-state index in [0.29, 0.717) is 33.9 Å². The molecular formula is C24H23FO6. The van der Waals surface area contributed by atoms with E-state index in [1.165, 1.54) is 13.2 Å². The molecular weight excluding hydrogens is 402 g/mol. The second-order valence-electron chi connectivity index (χ2n) is 8.78. The Morgan fingerprint density at radius 2 is 2.00 bits per heavy atom. The third-order valence-corrected chi connectivity index (χ3v) is 6.33. The smallest absolute Gasteiger partial charge is 0.180 e. The summed E-state index contributed by atoms with van der Waals surface area (Å²) in [6.45, 7) is 5.21. The van der Waals surface area contributed by atoms with Gasteiger partial charge in [-0.15, -0.1) is 0 Å². The topological polar surface area (TPSA) is 74.2 Å². The van der Waals surface area contributed by atoms with E-state index in [4.69, 9.17) is 18.9 Å². The van der Waals surface area contributed by atoms with Gasteiger partial charge in [-0.25, -0.2) is 4.39 Å². The molecule has 3 heterocycles. The number of ether oxygens (including phenoxy) is 4. The zero-order valence-corrected chi connectivity index (χ0v) is 17.7. The largest absolute Gasteiger partial charge is 0.496 e. The lowest BCUT2D eigenvalue weighted by molar-refractivity contribution is 0.0266. The Hall–Kier alpha value is -3.06. The first-order valence-corrected chi connectivity index (χ1v) is 10.1. The predicted molar refractivity (Wildman–Crippen MR) is 111 cm³/mol. The number of Topliss-reactive ketones (excluding diaryl/α,β-unsaturated/α-hetero) is 1. The van der Waals surface area contributed by atoms with Gasteiger partial charge in [0.15, 0.2) is 5.78 Å². The van der Waals surface area contributed by atoms with Crippen molar-refractivity contribution in [1.82, 2.24) is 0 Å². The van der Waals surface area contributed by atoms with Crippen LogP contribution in [-0.2, 0) is 12.0 Å². The van der Waals surface area contributed by atoms with Gasteiger partial charge in [0.05, 0.1) is 30.3 Å². The maximum atomic E-state index is 15.0. The molecule has 0 aromatic heterocycles. The van der Waals surface area contributed by atoms with Crippen LogP contribution >= 0.6 is 0 Å². The Balaban J connectivity index is 1.68. The Morgan fingerprint density at radius 1 is 1.23 bits per heavy atom. The van der Waals surface area contributed by atoms with Gasteiger partial charge in [0.2, 0.25) is 0 Å². The number of carbonyl (C=O) groups is 1. The van der Waals surface area contributed by atoms with Crippen LogP contribution in [0.5, 0.6) is 23.0 Å². The lowest BCUT2D eigenvalue weighted by atomic mass is 9.68. The Morgan fingerprint density at radius 3 is 2.71 bits per heavy atom. The number of aliphatic hydroxyl groups is 1. The van der Waals surface area contributed by atoms with E-state index in [0.717, 1.165) is 0 Å². The summed E-state index contributed by atoms with van der Waals surface area (Å²) in [5, 5.41) is 9.62. The van der Waals surface area contributed by atoms with Crippen LogP contribution in [0.1, 0.15) is 47.8 Å². The zero-order valence-electron chi connectivity index (χ0n) is 17.7. The molecule has 0 spiro atoms. The number of aliphatic hydroxyl groups excluding tert-OH is 1. The fraction of sp³-hybridized carbons (Fsp3) is 0.375. The molecule has 162 valence electrons. The molecule has 1 N–H and O–H groups in total. The monoisotopic (exact) mass is 425 g/mol. The van der Waals surface area contributed by atoms with Crippen LogP contribution in [0.2, 0.25) is 0 Å². The minimum Gasteiger partial charge on any atom is -0.496 e. The van der Waals surface area contributed by atoms with Gasteiger partial charge in [-0.2, -0.15) is 0 Å². The maximum Gasteiger partial charge on any atom is 0.180 e. The summed E-state index contributed by atoms with van der Waals surface area (Å²) in [4.78, 5) is 13.8. The zero-order chi connectivity index (χ0) is 22.1. The van der Waals surface area contributed by atoms with Crippen LogP contribution in [0.3, 0.4) is 0 Å². The number of halogens is 1. The second kappa shape index (κ2) is 6.47. The third kappa shape index (κ3) is 2.69. The van der Waals surface area contributed by atoms with Gasteiger partial charge in [0, 0.05) is 11.1 Å². The van der Waals surface area contributed by atoms with Crippen molar-refractivity contribution in [2.24, 2.45) is 0 Å². The first-order valence-electron chi connectivity index (χ1n) is 10.1. The number of ketones is 1. The number of hydrogen-bond acceptors (Lipinski definition) is 6. The molecule has 0 saturated carbocycles. The molecule has 3 aliphatic heterocycles. The van der Waals surface area contributed by atoms with Crippen LogP contribution in [-0.4, -0.2) is 36.3 Å². The summed E-state index contributed by atoms with van der Waals surface area (Å²) in [7, 11) is 1.50.